The van der Waals surface area contributed by atoms with Crippen LogP contribution in [0.2, 0.25) is 0 Å². The first kappa shape index (κ1) is 14.3. The van der Waals surface area contributed by atoms with Crippen LogP contribution in [0.4, 0.5) is 0 Å². The number of rotatable bonds is 7. The number of ether oxygens (including phenoxy) is 2. The molecular formula is C13H19NO4S. The highest BCUT2D eigenvalue weighted by molar-refractivity contribution is 7.90. The fraction of sp³-hybridized carbons (Fsp3) is 0.538. The first-order chi connectivity index (χ1) is 9.06. The van der Waals surface area contributed by atoms with E-state index >= 15 is 0 Å². The van der Waals surface area contributed by atoms with Crippen LogP contribution in [0.1, 0.15) is 24.5 Å². The molecule has 1 fully saturated rings. The molecule has 5 nitrogen and oxygen atoms in total. The van der Waals surface area contributed by atoms with Crippen LogP contribution in [0.25, 0.3) is 0 Å². The normalized spacial score (nSPS) is 17.2. The summed E-state index contributed by atoms with van der Waals surface area (Å²) in [7, 11) is -0.0182. The first-order valence-corrected chi connectivity index (χ1v) is 7.76. The van der Waals surface area contributed by atoms with Gasteiger partial charge in [0.1, 0.15) is 5.75 Å². The fourth-order valence-corrected chi connectivity index (χ4v) is 3.24. The highest BCUT2D eigenvalue weighted by Crippen LogP contribution is 2.28. The van der Waals surface area contributed by atoms with Gasteiger partial charge in [-0.25, -0.2) is 13.1 Å². The van der Waals surface area contributed by atoms with Crippen LogP contribution in [0.3, 0.4) is 0 Å². The van der Waals surface area contributed by atoms with Gasteiger partial charge < -0.3 is 9.47 Å². The van der Waals surface area contributed by atoms with E-state index in [0.29, 0.717) is 0 Å². The molecule has 0 radical (unpaired) electrons. The molecule has 0 amide bonds. The zero-order chi connectivity index (χ0) is 13.9. The van der Waals surface area contributed by atoms with Crippen LogP contribution in [0, 0.1) is 0 Å². The Hall–Kier alpha value is -1.11. The molecule has 1 aliphatic carbocycles. The molecule has 1 N–H and O–H groups in total. The average Bonchev–Trinajstić information content (AvgIpc) is 3.24. The average molecular weight is 285 g/mol. The molecule has 0 saturated heterocycles. The summed E-state index contributed by atoms with van der Waals surface area (Å²) < 4.78 is 36.7. The van der Waals surface area contributed by atoms with Gasteiger partial charge in [-0.05, 0) is 30.5 Å². The molecule has 106 valence electrons. The van der Waals surface area contributed by atoms with E-state index < -0.39 is 10.0 Å². The maximum Gasteiger partial charge on any atom is 0.214 e. The van der Waals surface area contributed by atoms with Crippen molar-refractivity contribution in [2.24, 2.45) is 0 Å². The minimum absolute atomic E-state index is 0.213. The van der Waals surface area contributed by atoms with E-state index in [2.05, 4.69) is 4.72 Å². The van der Waals surface area contributed by atoms with Crippen molar-refractivity contribution >= 4 is 10.0 Å². The number of hydrogen-bond donors (Lipinski definition) is 1. The van der Waals surface area contributed by atoms with Crippen LogP contribution in [0.5, 0.6) is 5.75 Å². The van der Waals surface area contributed by atoms with E-state index in [1.54, 1.807) is 14.2 Å². The largest absolute Gasteiger partial charge is 0.497 e. The van der Waals surface area contributed by atoms with Gasteiger partial charge in [-0.1, -0.05) is 12.1 Å². The van der Waals surface area contributed by atoms with E-state index in [1.807, 2.05) is 24.3 Å². The molecule has 0 unspecified atom stereocenters. The van der Waals surface area contributed by atoms with Crippen molar-refractivity contribution in [3.05, 3.63) is 29.8 Å². The molecule has 1 aromatic rings. The van der Waals surface area contributed by atoms with Gasteiger partial charge in [-0.3, -0.25) is 0 Å². The Labute approximate surface area is 114 Å². The maximum absolute atomic E-state index is 11.8. The summed E-state index contributed by atoms with van der Waals surface area (Å²) in [5.41, 5.74) is 0.889. The third-order valence-corrected chi connectivity index (χ3v) is 5.10. The molecule has 1 aliphatic rings. The second-order valence-electron chi connectivity index (χ2n) is 4.59. The Bertz CT molecular complexity index is 525. The summed E-state index contributed by atoms with van der Waals surface area (Å²) >= 11 is 0. The molecule has 19 heavy (non-hydrogen) atoms. The van der Waals surface area contributed by atoms with Crippen molar-refractivity contribution in [3.63, 3.8) is 0 Å². The van der Waals surface area contributed by atoms with Crippen LogP contribution < -0.4 is 9.46 Å². The van der Waals surface area contributed by atoms with Gasteiger partial charge in [0, 0.05) is 13.7 Å². The molecule has 1 atom stereocenters. The predicted octanol–water partition coefficient (Wildman–Crippen LogP) is 1.46. The lowest BCUT2D eigenvalue weighted by Gasteiger charge is -2.17. The minimum atomic E-state index is -3.18. The lowest BCUT2D eigenvalue weighted by atomic mass is 10.1. The molecule has 0 bridgehead atoms. The summed E-state index contributed by atoms with van der Waals surface area (Å²) in [5.74, 6) is 0.726. The first-order valence-electron chi connectivity index (χ1n) is 6.22. The van der Waals surface area contributed by atoms with E-state index in [1.165, 1.54) is 0 Å². The predicted molar refractivity (Wildman–Crippen MR) is 72.7 cm³/mol. The number of methoxy groups -OCH3 is 2. The number of nitrogens with one attached hydrogen (secondary N) is 1. The van der Waals surface area contributed by atoms with Crippen LogP contribution in [0.15, 0.2) is 24.3 Å². The molecule has 2 rings (SSSR count). The molecule has 6 heteroatoms. The highest BCUT2D eigenvalue weighted by Gasteiger charge is 2.35. The van der Waals surface area contributed by atoms with Gasteiger partial charge >= 0.3 is 0 Å². The van der Waals surface area contributed by atoms with Gasteiger partial charge in [-0.2, -0.15) is 0 Å². The molecule has 1 aromatic carbocycles. The molecule has 0 heterocycles. The second-order valence-corrected chi connectivity index (χ2v) is 6.64. The maximum atomic E-state index is 11.8. The number of sulfonamides is 1. The van der Waals surface area contributed by atoms with Gasteiger partial charge in [0.2, 0.25) is 10.0 Å². The van der Waals surface area contributed by atoms with Crippen molar-refractivity contribution in [3.8, 4) is 5.75 Å². The SMILES string of the molecule is COc1cccc([C@@H](CNS(=O)(=O)C2CC2)OC)c1. The summed E-state index contributed by atoms with van der Waals surface area (Å²) in [6.45, 7) is 0.239. The molecular weight excluding hydrogens is 266 g/mol. The Morgan fingerprint density at radius 3 is 2.68 bits per heavy atom. The lowest BCUT2D eigenvalue weighted by molar-refractivity contribution is 0.107. The minimum Gasteiger partial charge on any atom is -0.497 e. The Balaban J connectivity index is 2.03. The summed E-state index contributed by atoms with van der Waals surface area (Å²) in [6.07, 6.45) is 1.20. The van der Waals surface area contributed by atoms with E-state index in [4.69, 9.17) is 9.47 Å². The highest BCUT2D eigenvalue weighted by atomic mass is 32.2. The van der Waals surface area contributed by atoms with E-state index in [0.717, 1.165) is 24.2 Å². The van der Waals surface area contributed by atoms with Gasteiger partial charge in [0.25, 0.3) is 0 Å². The van der Waals surface area contributed by atoms with Crippen molar-refractivity contribution < 1.29 is 17.9 Å². The van der Waals surface area contributed by atoms with Crippen molar-refractivity contribution in [1.29, 1.82) is 0 Å². The zero-order valence-electron chi connectivity index (χ0n) is 11.1. The third-order valence-electron chi connectivity index (χ3n) is 3.18. The molecule has 0 aliphatic heterocycles. The van der Waals surface area contributed by atoms with Crippen molar-refractivity contribution in [2.45, 2.75) is 24.2 Å². The van der Waals surface area contributed by atoms with E-state index in [9.17, 15) is 8.42 Å². The molecule has 1 saturated carbocycles. The summed E-state index contributed by atoms with van der Waals surface area (Å²) in [6, 6.07) is 7.43. The van der Waals surface area contributed by atoms with Gasteiger partial charge in [0.05, 0.1) is 18.5 Å². The summed E-state index contributed by atoms with van der Waals surface area (Å²) in [4.78, 5) is 0. The second kappa shape index (κ2) is 5.90. The van der Waals surface area contributed by atoms with Crippen LogP contribution in [-0.2, 0) is 14.8 Å². The van der Waals surface area contributed by atoms with Crippen molar-refractivity contribution in [2.75, 3.05) is 20.8 Å². The van der Waals surface area contributed by atoms with Crippen LogP contribution in [-0.4, -0.2) is 34.4 Å². The topological polar surface area (TPSA) is 64.6 Å². The standard InChI is InChI=1S/C13H19NO4S/c1-17-11-5-3-4-10(8-11)13(18-2)9-14-19(15,16)12-6-7-12/h3-5,8,12-14H,6-7,9H2,1-2H3/t13-/m1/s1. The zero-order valence-corrected chi connectivity index (χ0v) is 11.9. The Morgan fingerprint density at radius 1 is 1.37 bits per heavy atom. The fourth-order valence-electron chi connectivity index (χ4n) is 1.87. The van der Waals surface area contributed by atoms with Crippen molar-refractivity contribution in [1.82, 2.24) is 4.72 Å². The Morgan fingerprint density at radius 2 is 2.11 bits per heavy atom. The number of benzene rings is 1. The summed E-state index contributed by atoms with van der Waals surface area (Å²) in [5, 5.41) is -0.213. The smallest absolute Gasteiger partial charge is 0.214 e. The van der Waals surface area contributed by atoms with Crippen LogP contribution >= 0.6 is 0 Å². The van der Waals surface area contributed by atoms with E-state index in [-0.39, 0.29) is 17.9 Å². The Kier molecular flexibility index (Phi) is 4.44. The monoisotopic (exact) mass is 285 g/mol. The van der Waals surface area contributed by atoms with Gasteiger partial charge in [0.15, 0.2) is 0 Å². The lowest BCUT2D eigenvalue weighted by Crippen LogP contribution is -2.31. The third kappa shape index (κ3) is 3.68. The molecule has 0 aromatic heterocycles. The number of hydrogen-bond acceptors (Lipinski definition) is 4. The van der Waals surface area contributed by atoms with Gasteiger partial charge in [-0.15, -0.1) is 0 Å². The molecule has 0 spiro atoms. The quantitative estimate of drug-likeness (QED) is 0.824.